The van der Waals surface area contributed by atoms with Gasteiger partial charge in [-0.25, -0.2) is 19.9 Å². The molecule has 4 heterocycles. The third kappa shape index (κ3) is 16.2. The van der Waals surface area contributed by atoms with Gasteiger partial charge in [-0.15, -0.1) is 0 Å². The molecule has 0 radical (unpaired) electrons. The number of aromatic nitrogens is 4. The number of carbonyl (C=O) groups excluding carboxylic acids is 2. The smallest absolute Gasteiger partial charge is 0.420 e. The van der Waals surface area contributed by atoms with Crippen LogP contribution >= 0.6 is 11.6 Å². The summed E-state index contributed by atoms with van der Waals surface area (Å²) in [6.07, 6.45) is 1.84. The minimum Gasteiger partial charge on any atom is -0.495 e. The number of nitrogens with zero attached hydrogens (tertiary/aromatic N) is 6. The lowest BCUT2D eigenvalue weighted by molar-refractivity contribution is -0.139. The van der Waals surface area contributed by atoms with Gasteiger partial charge in [0.25, 0.3) is 11.8 Å². The highest BCUT2D eigenvalue weighted by Gasteiger charge is 2.37. The molecule has 0 unspecified atom stereocenters. The molecule has 24 heteroatoms. The average molecular weight is 1050 g/mol. The maximum Gasteiger partial charge on any atom is 0.420 e. The van der Waals surface area contributed by atoms with Gasteiger partial charge < -0.3 is 57.7 Å². The Kier molecular flexibility index (Phi) is 19.9. The van der Waals surface area contributed by atoms with Crippen LogP contribution < -0.4 is 47.9 Å². The fraction of sp³-hybridized carbons (Fsp3) is 0.551. The number of carbonyl (C=O) groups is 2. The van der Waals surface area contributed by atoms with Gasteiger partial charge in [0, 0.05) is 53.7 Å². The molecule has 73 heavy (non-hydrogen) atoms. The van der Waals surface area contributed by atoms with E-state index in [1.807, 2.05) is 7.05 Å². The van der Waals surface area contributed by atoms with Gasteiger partial charge in [0.05, 0.1) is 36.9 Å². The molecule has 2 amide bonds. The molecule has 2 aromatic carbocycles. The summed E-state index contributed by atoms with van der Waals surface area (Å²) in [5.41, 5.74) is 16.8. The van der Waals surface area contributed by atoms with Gasteiger partial charge in [-0.05, 0) is 140 Å². The highest BCUT2D eigenvalue weighted by molar-refractivity contribution is 6.30. The molecular formula is C49H66ClF6N13O4. The minimum atomic E-state index is -4.64. The number of benzene rings is 2. The zero-order valence-corrected chi connectivity index (χ0v) is 42.1. The predicted molar refractivity (Wildman–Crippen MR) is 266 cm³/mol. The van der Waals surface area contributed by atoms with Crippen molar-refractivity contribution in [3.05, 3.63) is 81.9 Å². The normalized spacial score (nSPS) is 21.0. The third-order valence-electron chi connectivity index (χ3n) is 13.5. The number of hydrogen-bond donors (Lipinski definition) is 7. The van der Waals surface area contributed by atoms with Crippen LogP contribution in [0, 0.1) is 5.92 Å². The van der Waals surface area contributed by atoms with E-state index < -0.39 is 28.6 Å². The van der Waals surface area contributed by atoms with Crippen LogP contribution in [0.3, 0.4) is 0 Å². The Morgan fingerprint density at radius 2 is 1.07 bits per heavy atom. The Balaban J connectivity index is 0.000000212. The standard InChI is InChI=1S/C25H33F3N6O2.C19H21ClF3N5O2.C5H12N2/c1-34-10-8-17(9-11-34)31-23(35)16-6-7-20(22(13-16)36-2)32-24-30-14-18(25(26,27)28)21(33-24)12-15-4-3-5-19(15)29;1-28-7-5-12(6-8-28)25-17(29)11-3-4-14(15(9-11)30-2)26-18-24-10-13(16(20)27-18)19(21,22)23;6-4-2-1-3-5(4)7/h6-7,13-15,17,19H,3-5,8-12,29H2,1-2H3,(H,31,35)(H,30,32,33);3-4,9-10,12H,5-8H2,1-2H3,(H,25,29)(H,24,26,27);4-5H,1-3,6-7H2/t15-,19+;;4-,5-/m0.1/s1. The van der Waals surface area contributed by atoms with Crippen molar-refractivity contribution in [2.75, 3.05) is 65.1 Å². The summed E-state index contributed by atoms with van der Waals surface area (Å²) in [7, 11) is 6.98. The monoisotopic (exact) mass is 1050 g/mol. The number of ether oxygens (including phenoxy) is 2. The van der Waals surface area contributed by atoms with Crippen LogP contribution in [0.2, 0.25) is 5.15 Å². The number of amides is 2. The lowest BCUT2D eigenvalue weighted by Gasteiger charge is -2.29. The lowest BCUT2D eigenvalue weighted by Crippen LogP contribution is -2.43. The minimum absolute atomic E-state index is 0.0198. The molecule has 400 valence electrons. The Labute approximate surface area is 426 Å². The molecule has 2 aliphatic heterocycles. The molecule has 8 rings (SSSR count). The number of nitrogens with two attached hydrogens (primary N) is 3. The van der Waals surface area contributed by atoms with Gasteiger partial charge in [-0.1, -0.05) is 24.4 Å². The molecule has 17 nitrogen and oxygen atoms in total. The highest BCUT2D eigenvalue weighted by Crippen LogP contribution is 2.37. The number of halogens is 7. The summed E-state index contributed by atoms with van der Waals surface area (Å²) in [6.45, 7) is 3.71. The van der Waals surface area contributed by atoms with Crippen molar-refractivity contribution in [1.82, 2.24) is 40.4 Å². The predicted octanol–water partition coefficient (Wildman–Crippen LogP) is 7.29. The van der Waals surface area contributed by atoms with E-state index in [2.05, 4.69) is 58.1 Å². The SMILES string of the molecule is COc1cc(C(=O)NC2CCN(C)CC2)ccc1Nc1ncc(C(F)(F)F)c(C[C@@H]2CCC[C@H]2N)n1.COc1cc(C(=O)NC2CCN(C)CC2)ccc1Nc1ncc(C(F)(F)F)c(Cl)n1.N[C@@H]1CCC[C@H]1N. The molecule has 0 bridgehead atoms. The Bertz CT molecular complexity index is 2470. The molecule has 2 aliphatic carbocycles. The van der Waals surface area contributed by atoms with E-state index in [-0.39, 0.29) is 59.9 Å². The van der Waals surface area contributed by atoms with Gasteiger partial charge in [-0.3, -0.25) is 9.59 Å². The van der Waals surface area contributed by atoms with Crippen molar-refractivity contribution < 1.29 is 45.4 Å². The van der Waals surface area contributed by atoms with Crippen LogP contribution in [0.5, 0.6) is 11.5 Å². The first-order valence-electron chi connectivity index (χ1n) is 24.3. The second kappa shape index (κ2) is 25.6. The molecular weight excluding hydrogens is 984 g/mol. The number of hydrogen-bond acceptors (Lipinski definition) is 15. The number of methoxy groups -OCH3 is 2. The maximum atomic E-state index is 13.6. The second-order valence-electron chi connectivity index (χ2n) is 18.9. The average Bonchev–Trinajstić information content (AvgIpc) is 3.94. The topological polar surface area (TPSA) is 237 Å². The Morgan fingerprint density at radius 3 is 1.45 bits per heavy atom. The van der Waals surface area contributed by atoms with Crippen LogP contribution in [0.15, 0.2) is 48.8 Å². The first-order valence-corrected chi connectivity index (χ1v) is 24.7. The van der Waals surface area contributed by atoms with Crippen molar-refractivity contribution in [2.45, 2.75) is 113 Å². The maximum absolute atomic E-state index is 13.6. The molecule has 4 fully saturated rings. The Morgan fingerprint density at radius 1 is 0.644 bits per heavy atom. The fourth-order valence-electron chi connectivity index (χ4n) is 9.02. The number of anilines is 4. The number of alkyl halides is 6. The van der Waals surface area contributed by atoms with Crippen molar-refractivity contribution in [3.63, 3.8) is 0 Å². The zero-order valence-electron chi connectivity index (χ0n) is 41.4. The Hall–Kier alpha value is -5.59. The summed E-state index contributed by atoms with van der Waals surface area (Å²) in [5.74, 6) is 0.0881. The molecule has 10 N–H and O–H groups in total. The van der Waals surface area contributed by atoms with Crippen LogP contribution in [-0.2, 0) is 18.8 Å². The van der Waals surface area contributed by atoms with Gasteiger partial charge in [0.1, 0.15) is 22.2 Å². The second-order valence-corrected chi connectivity index (χ2v) is 19.3. The quantitative estimate of drug-likeness (QED) is 0.0545. The van der Waals surface area contributed by atoms with Gasteiger partial charge in [0.2, 0.25) is 11.9 Å². The molecule has 2 aromatic heterocycles. The number of nitrogens with one attached hydrogen (secondary N) is 4. The number of piperidine rings is 2. The van der Waals surface area contributed by atoms with E-state index in [9.17, 15) is 35.9 Å². The summed E-state index contributed by atoms with van der Waals surface area (Å²) < 4.78 is 89.9. The van der Waals surface area contributed by atoms with Crippen LogP contribution in [0.25, 0.3) is 0 Å². The first kappa shape index (κ1) is 56.7. The summed E-state index contributed by atoms with van der Waals surface area (Å²) in [5, 5.41) is 11.1. The molecule has 4 aromatic rings. The van der Waals surface area contributed by atoms with E-state index in [1.165, 1.54) is 26.7 Å². The third-order valence-corrected chi connectivity index (χ3v) is 13.8. The van der Waals surface area contributed by atoms with E-state index in [0.717, 1.165) is 90.2 Å². The van der Waals surface area contributed by atoms with Crippen molar-refractivity contribution >= 4 is 46.7 Å². The van der Waals surface area contributed by atoms with Gasteiger partial charge in [0.15, 0.2) is 0 Å². The molecule has 4 atom stereocenters. The van der Waals surface area contributed by atoms with Gasteiger partial charge in [-0.2, -0.15) is 26.3 Å². The summed E-state index contributed by atoms with van der Waals surface area (Å²) >= 11 is 5.62. The molecule has 2 saturated heterocycles. The molecule has 4 aliphatic rings. The van der Waals surface area contributed by atoms with E-state index >= 15 is 0 Å². The van der Waals surface area contributed by atoms with Crippen molar-refractivity contribution in [1.29, 1.82) is 0 Å². The number of rotatable bonds is 12. The van der Waals surface area contributed by atoms with Gasteiger partial charge >= 0.3 is 12.4 Å². The summed E-state index contributed by atoms with van der Waals surface area (Å²) in [4.78, 5) is 45.2. The number of likely N-dealkylation sites (tertiary alicyclic amines) is 2. The zero-order chi connectivity index (χ0) is 53.0. The fourth-order valence-corrected chi connectivity index (χ4v) is 9.26. The van der Waals surface area contributed by atoms with Crippen molar-refractivity contribution in [3.8, 4) is 11.5 Å². The molecule has 0 spiro atoms. The molecule has 2 saturated carbocycles. The van der Waals surface area contributed by atoms with E-state index in [4.69, 9.17) is 38.3 Å². The summed E-state index contributed by atoms with van der Waals surface area (Å²) in [6, 6.07) is 10.2. The van der Waals surface area contributed by atoms with E-state index in [0.29, 0.717) is 52.3 Å². The van der Waals surface area contributed by atoms with Crippen LogP contribution in [0.1, 0.15) is 102 Å². The van der Waals surface area contributed by atoms with Crippen LogP contribution in [-0.4, -0.2) is 126 Å². The first-order chi connectivity index (χ1) is 34.6. The van der Waals surface area contributed by atoms with E-state index in [1.54, 1.807) is 30.3 Å². The largest absolute Gasteiger partial charge is 0.495 e. The van der Waals surface area contributed by atoms with Crippen LogP contribution in [0.4, 0.5) is 49.6 Å². The highest BCUT2D eigenvalue weighted by atomic mass is 35.5. The lowest BCUT2D eigenvalue weighted by atomic mass is 9.96. The van der Waals surface area contributed by atoms with Crippen molar-refractivity contribution in [2.24, 2.45) is 23.1 Å².